The minimum atomic E-state index is -0.573. The number of carbonyl (C=O) groups is 1. The van der Waals surface area contributed by atoms with Crippen LogP contribution in [0.2, 0.25) is 10.0 Å². The summed E-state index contributed by atoms with van der Waals surface area (Å²) in [6, 6.07) is 20.3. The van der Waals surface area contributed by atoms with Crippen molar-refractivity contribution in [1.82, 2.24) is 19.5 Å². The van der Waals surface area contributed by atoms with E-state index in [2.05, 4.69) is 20.3 Å². The highest BCUT2D eigenvalue weighted by Crippen LogP contribution is 2.29. The van der Waals surface area contributed by atoms with Gasteiger partial charge in [-0.15, -0.1) is 0 Å². The zero-order valence-corrected chi connectivity index (χ0v) is 21.0. The first-order valence-corrected chi connectivity index (χ1v) is 12.2. The van der Waals surface area contributed by atoms with E-state index in [1.54, 1.807) is 73.2 Å². The third-order valence-corrected chi connectivity index (χ3v) is 6.46. The maximum Gasteiger partial charge on any atom is 0.269 e. The molecule has 38 heavy (non-hydrogen) atoms. The van der Waals surface area contributed by atoms with Gasteiger partial charge in [0, 0.05) is 34.7 Å². The molecule has 0 saturated carbocycles. The SMILES string of the molecule is O=C(Nc1ccc(Oc2ccnc3[nH]ccc23)cc1)c1cc2cccnc2n(-c2ccc(Cl)cc2Cl)c1=O. The number of aromatic nitrogens is 4. The van der Waals surface area contributed by atoms with E-state index in [1.165, 1.54) is 16.7 Å². The highest BCUT2D eigenvalue weighted by Gasteiger charge is 2.19. The summed E-state index contributed by atoms with van der Waals surface area (Å²) in [4.78, 5) is 38.4. The van der Waals surface area contributed by atoms with E-state index in [1.807, 2.05) is 6.07 Å². The van der Waals surface area contributed by atoms with Crippen LogP contribution in [0.5, 0.6) is 11.5 Å². The van der Waals surface area contributed by atoms with E-state index in [0.717, 1.165) is 11.0 Å². The van der Waals surface area contributed by atoms with Crippen molar-refractivity contribution in [2.75, 3.05) is 5.32 Å². The van der Waals surface area contributed by atoms with Crippen LogP contribution in [0.3, 0.4) is 0 Å². The van der Waals surface area contributed by atoms with Gasteiger partial charge in [0.05, 0.1) is 16.1 Å². The molecule has 0 aliphatic heterocycles. The highest BCUT2D eigenvalue weighted by molar-refractivity contribution is 6.35. The predicted molar refractivity (Wildman–Crippen MR) is 148 cm³/mol. The maximum atomic E-state index is 13.5. The first kappa shape index (κ1) is 23.7. The molecule has 0 saturated heterocycles. The Labute approximate surface area is 225 Å². The van der Waals surface area contributed by atoms with Gasteiger partial charge in [0.1, 0.15) is 28.4 Å². The molecule has 2 N–H and O–H groups in total. The van der Waals surface area contributed by atoms with E-state index >= 15 is 0 Å². The fourth-order valence-corrected chi connectivity index (χ4v) is 4.64. The molecule has 0 atom stereocenters. The average Bonchev–Trinajstić information content (AvgIpc) is 3.40. The zero-order valence-electron chi connectivity index (χ0n) is 19.5. The van der Waals surface area contributed by atoms with Crippen LogP contribution in [0.1, 0.15) is 10.4 Å². The molecule has 0 unspecified atom stereocenters. The number of hydrogen-bond donors (Lipinski definition) is 2. The summed E-state index contributed by atoms with van der Waals surface area (Å²) in [6.07, 6.45) is 5.02. The van der Waals surface area contributed by atoms with Gasteiger partial charge in [0.25, 0.3) is 11.5 Å². The Morgan fingerprint density at radius 2 is 1.79 bits per heavy atom. The van der Waals surface area contributed by atoms with Gasteiger partial charge in [-0.1, -0.05) is 23.2 Å². The number of nitrogens with zero attached hydrogens (tertiary/aromatic N) is 3. The number of pyridine rings is 3. The van der Waals surface area contributed by atoms with Crippen molar-refractivity contribution < 1.29 is 9.53 Å². The van der Waals surface area contributed by atoms with Crippen molar-refractivity contribution in [2.24, 2.45) is 0 Å². The van der Waals surface area contributed by atoms with Crippen LogP contribution in [-0.2, 0) is 0 Å². The number of amides is 1. The van der Waals surface area contributed by atoms with Gasteiger partial charge in [-0.3, -0.25) is 14.2 Å². The molecule has 0 radical (unpaired) electrons. The second-order valence-electron chi connectivity index (χ2n) is 8.34. The fraction of sp³-hybridized carbons (Fsp3) is 0. The quantitative estimate of drug-likeness (QED) is 0.255. The van der Waals surface area contributed by atoms with Crippen LogP contribution in [0.4, 0.5) is 5.69 Å². The molecular weight excluding hydrogens is 525 g/mol. The highest BCUT2D eigenvalue weighted by atomic mass is 35.5. The van der Waals surface area contributed by atoms with Crippen molar-refractivity contribution in [1.29, 1.82) is 0 Å². The van der Waals surface area contributed by atoms with Crippen molar-refractivity contribution in [3.8, 4) is 17.2 Å². The van der Waals surface area contributed by atoms with Crippen molar-refractivity contribution in [2.45, 2.75) is 0 Å². The standard InChI is InChI=1S/C28H17Cl2N5O3/c29-17-3-8-23(22(30)15-17)35-26-16(2-1-11-33-26)14-21(28(35)37)27(36)34-18-4-6-19(7-5-18)38-24-10-13-32-25-20(24)9-12-31-25/h1-15H,(H,31,32)(H,34,36). The number of fused-ring (bicyclic) bond motifs is 2. The number of hydrogen-bond acceptors (Lipinski definition) is 5. The van der Waals surface area contributed by atoms with Crippen LogP contribution in [-0.4, -0.2) is 25.4 Å². The van der Waals surface area contributed by atoms with Gasteiger partial charge in [0.15, 0.2) is 0 Å². The van der Waals surface area contributed by atoms with Crippen molar-refractivity contribution >= 4 is 56.9 Å². The lowest BCUT2D eigenvalue weighted by Crippen LogP contribution is -2.29. The third kappa shape index (κ3) is 4.36. The molecule has 0 aliphatic rings. The van der Waals surface area contributed by atoms with Gasteiger partial charge >= 0.3 is 0 Å². The summed E-state index contributed by atoms with van der Waals surface area (Å²) in [5, 5.41) is 4.92. The monoisotopic (exact) mass is 541 g/mol. The Kier molecular flexibility index (Phi) is 6.03. The second kappa shape index (κ2) is 9.66. The van der Waals surface area contributed by atoms with E-state index in [-0.39, 0.29) is 10.6 Å². The molecule has 6 rings (SSSR count). The number of ether oxygens (including phenoxy) is 1. The minimum Gasteiger partial charge on any atom is -0.457 e. The summed E-state index contributed by atoms with van der Waals surface area (Å²) in [7, 11) is 0. The minimum absolute atomic E-state index is 0.0662. The Balaban J connectivity index is 1.31. The van der Waals surface area contributed by atoms with Crippen LogP contribution in [0, 0.1) is 0 Å². The number of benzene rings is 2. The summed E-state index contributed by atoms with van der Waals surface area (Å²) in [5.41, 5.74) is 1.32. The van der Waals surface area contributed by atoms with Gasteiger partial charge < -0.3 is 15.0 Å². The Hall–Kier alpha value is -4.66. The van der Waals surface area contributed by atoms with Crippen LogP contribution in [0.15, 0.2) is 96.2 Å². The number of halogens is 2. The first-order chi connectivity index (χ1) is 18.5. The Morgan fingerprint density at radius 1 is 0.947 bits per heavy atom. The lowest BCUT2D eigenvalue weighted by molar-refractivity contribution is 0.102. The number of anilines is 1. The van der Waals surface area contributed by atoms with Gasteiger partial charge in [-0.25, -0.2) is 9.97 Å². The molecule has 0 aliphatic carbocycles. The molecule has 4 heterocycles. The summed E-state index contributed by atoms with van der Waals surface area (Å²) < 4.78 is 7.31. The second-order valence-corrected chi connectivity index (χ2v) is 9.18. The van der Waals surface area contributed by atoms with Crippen molar-refractivity contribution in [3.63, 3.8) is 0 Å². The van der Waals surface area contributed by atoms with Crippen molar-refractivity contribution in [3.05, 3.63) is 117 Å². The number of carbonyl (C=O) groups excluding carboxylic acids is 1. The fourth-order valence-electron chi connectivity index (χ4n) is 4.15. The maximum absolute atomic E-state index is 13.5. The normalized spacial score (nSPS) is 11.1. The zero-order chi connectivity index (χ0) is 26.2. The average molecular weight is 542 g/mol. The van der Waals surface area contributed by atoms with E-state index in [0.29, 0.717) is 38.9 Å². The van der Waals surface area contributed by atoms with Crippen LogP contribution in [0.25, 0.3) is 27.8 Å². The number of H-pyrrole nitrogens is 1. The lowest BCUT2D eigenvalue weighted by atomic mass is 10.1. The third-order valence-electron chi connectivity index (χ3n) is 5.92. The molecule has 8 nitrogen and oxygen atoms in total. The smallest absolute Gasteiger partial charge is 0.269 e. The van der Waals surface area contributed by atoms with Crippen LogP contribution >= 0.6 is 23.2 Å². The summed E-state index contributed by atoms with van der Waals surface area (Å²) >= 11 is 12.5. The lowest BCUT2D eigenvalue weighted by Gasteiger charge is -2.14. The predicted octanol–water partition coefficient (Wildman–Crippen LogP) is 6.61. The molecular formula is C28H17Cl2N5O3. The van der Waals surface area contributed by atoms with Gasteiger partial charge in [-0.05, 0) is 72.8 Å². The van der Waals surface area contributed by atoms with Crippen LogP contribution < -0.4 is 15.6 Å². The van der Waals surface area contributed by atoms with E-state index < -0.39 is 11.5 Å². The number of aromatic amines is 1. The topological polar surface area (TPSA) is 102 Å². The summed E-state index contributed by atoms with van der Waals surface area (Å²) in [6.45, 7) is 0. The number of rotatable bonds is 5. The molecule has 10 heteroatoms. The molecule has 1 amide bonds. The van der Waals surface area contributed by atoms with E-state index in [9.17, 15) is 9.59 Å². The molecule has 0 fully saturated rings. The molecule has 0 spiro atoms. The molecule has 0 bridgehead atoms. The van der Waals surface area contributed by atoms with Gasteiger partial charge in [0.2, 0.25) is 0 Å². The first-order valence-electron chi connectivity index (χ1n) is 11.5. The molecule has 186 valence electrons. The van der Waals surface area contributed by atoms with E-state index in [4.69, 9.17) is 27.9 Å². The Bertz CT molecular complexity index is 1900. The molecule has 2 aromatic carbocycles. The Morgan fingerprint density at radius 3 is 2.61 bits per heavy atom. The number of nitrogens with one attached hydrogen (secondary N) is 2. The summed E-state index contributed by atoms with van der Waals surface area (Å²) in [5.74, 6) is 0.656. The molecule has 6 aromatic rings. The largest absolute Gasteiger partial charge is 0.457 e. The van der Waals surface area contributed by atoms with Gasteiger partial charge in [-0.2, -0.15) is 0 Å². The molecule has 4 aromatic heterocycles.